The number of halogens is 1. The zero-order valence-electron chi connectivity index (χ0n) is 10.0. The van der Waals surface area contributed by atoms with Gasteiger partial charge >= 0.3 is 0 Å². The predicted molar refractivity (Wildman–Crippen MR) is 77.0 cm³/mol. The van der Waals surface area contributed by atoms with Crippen molar-refractivity contribution in [3.63, 3.8) is 0 Å². The molecule has 3 N–H and O–H groups in total. The molecule has 0 unspecified atom stereocenters. The van der Waals surface area contributed by atoms with Gasteiger partial charge in [0, 0.05) is 10.6 Å². The first-order chi connectivity index (χ1) is 8.65. The van der Waals surface area contributed by atoms with Gasteiger partial charge in [0.25, 0.3) is 0 Å². The van der Waals surface area contributed by atoms with E-state index in [0.29, 0.717) is 10.9 Å². The van der Waals surface area contributed by atoms with Crippen molar-refractivity contribution < 1.29 is 0 Å². The Labute approximate surface area is 111 Å². The third-order valence-corrected chi connectivity index (χ3v) is 2.75. The van der Waals surface area contributed by atoms with Crippen LogP contribution in [0.1, 0.15) is 11.1 Å². The van der Waals surface area contributed by atoms with Crippen LogP contribution < -0.4 is 11.2 Å². The van der Waals surface area contributed by atoms with Gasteiger partial charge in [0.15, 0.2) is 5.84 Å². The first-order valence-electron chi connectivity index (χ1n) is 5.57. The molecule has 18 heavy (non-hydrogen) atoms. The summed E-state index contributed by atoms with van der Waals surface area (Å²) in [5.41, 5.74) is 11.7. The van der Waals surface area contributed by atoms with E-state index >= 15 is 0 Å². The van der Waals surface area contributed by atoms with Crippen LogP contribution in [-0.2, 0) is 0 Å². The number of nitrogens with one attached hydrogen (secondary N) is 1. The normalized spacial score (nSPS) is 11.3. The van der Waals surface area contributed by atoms with Crippen LogP contribution in [0.25, 0.3) is 0 Å². The van der Waals surface area contributed by atoms with Crippen molar-refractivity contribution in [1.82, 2.24) is 0 Å². The van der Waals surface area contributed by atoms with E-state index < -0.39 is 0 Å². The van der Waals surface area contributed by atoms with Gasteiger partial charge in [0.1, 0.15) is 0 Å². The average Bonchev–Trinajstić information content (AvgIpc) is 2.38. The molecule has 0 fully saturated rings. The quantitative estimate of drug-likeness (QED) is 0.504. The number of nitrogens with zero attached hydrogens (tertiary/aromatic N) is 1. The summed E-state index contributed by atoms with van der Waals surface area (Å²) in [5, 5.41) is 4.80. The number of hydrogen-bond acceptors (Lipinski definition) is 2. The molecule has 2 aromatic rings. The van der Waals surface area contributed by atoms with Gasteiger partial charge in [-0.3, -0.25) is 5.43 Å². The highest BCUT2D eigenvalue weighted by Crippen LogP contribution is 2.11. The standard InChI is InChI=1S/C14H14ClN3/c1-10-2-8-13(9-3-10)17-18-14(16)11-4-6-12(15)7-5-11/h2-9,17H,1H3,(H2,16,18). The highest BCUT2D eigenvalue weighted by molar-refractivity contribution is 6.30. The summed E-state index contributed by atoms with van der Waals surface area (Å²) in [6.45, 7) is 2.04. The molecule has 0 bridgehead atoms. The maximum absolute atomic E-state index is 5.87. The second kappa shape index (κ2) is 5.56. The van der Waals surface area contributed by atoms with E-state index in [1.54, 1.807) is 12.1 Å². The molecule has 2 aromatic carbocycles. The zero-order chi connectivity index (χ0) is 13.0. The number of amidine groups is 1. The summed E-state index contributed by atoms with van der Waals surface area (Å²) < 4.78 is 0. The second-order valence-corrected chi connectivity index (χ2v) is 4.42. The zero-order valence-corrected chi connectivity index (χ0v) is 10.8. The maximum atomic E-state index is 5.87. The molecular weight excluding hydrogens is 246 g/mol. The van der Waals surface area contributed by atoms with Gasteiger partial charge in [-0.05, 0) is 43.3 Å². The van der Waals surface area contributed by atoms with Crippen LogP contribution >= 0.6 is 11.6 Å². The van der Waals surface area contributed by atoms with Crippen molar-refractivity contribution in [2.75, 3.05) is 5.43 Å². The molecule has 0 heterocycles. The Morgan fingerprint density at radius 1 is 1.06 bits per heavy atom. The van der Waals surface area contributed by atoms with Crippen LogP contribution in [0.3, 0.4) is 0 Å². The van der Waals surface area contributed by atoms with Crippen molar-refractivity contribution >= 4 is 23.1 Å². The molecule has 2 rings (SSSR count). The van der Waals surface area contributed by atoms with Gasteiger partial charge in [-0.15, -0.1) is 0 Å². The smallest absolute Gasteiger partial charge is 0.150 e. The van der Waals surface area contributed by atoms with Crippen molar-refractivity contribution in [1.29, 1.82) is 0 Å². The highest BCUT2D eigenvalue weighted by Gasteiger charge is 1.98. The molecule has 0 radical (unpaired) electrons. The van der Waals surface area contributed by atoms with Gasteiger partial charge in [-0.1, -0.05) is 29.3 Å². The molecule has 0 spiro atoms. The topological polar surface area (TPSA) is 50.4 Å². The average molecular weight is 260 g/mol. The van der Waals surface area contributed by atoms with E-state index in [9.17, 15) is 0 Å². The fourth-order valence-electron chi connectivity index (χ4n) is 1.44. The lowest BCUT2D eigenvalue weighted by Crippen LogP contribution is -2.15. The molecule has 0 atom stereocenters. The van der Waals surface area contributed by atoms with Crippen LogP contribution in [0.15, 0.2) is 53.6 Å². The Bertz CT molecular complexity index is 544. The lowest BCUT2D eigenvalue weighted by Gasteiger charge is -2.04. The van der Waals surface area contributed by atoms with E-state index in [4.69, 9.17) is 17.3 Å². The van der Waals surface area contributed by atoms with Crippen LogP contribution in [-0.4, -0.2) is 5.84 Å². The Balaban J connectivity index is 2.09. The van der Waals surface area contributed by atoms with Gasteiger partial charge < -0.3 is 5.73 Å². The molecule has 0 aromatic heterocycles. The fraction of sp³-hybridized carbons (Fsp3) is 0.0714. The summed E-state index contributed by atoms with van der Waals surface area (Å²) in [4.78, 5) is 0. The largest absolute Gasteiger partial charge is 0.382 e. The second-order valence-electron chi connectivity index (χ2n) is 3.98. The minimum atomic E-state index is 0.423. The van der Waals surface area contributed by atoms with Crippen molar-refractivity contribution in [2.24, 2.45) is 10.8 Å². The van der Waals surface area contributed by atoms with Crippen molar-refractivity contribution in [3.05, 3.63) is 64.7 Å². The summed E-state index contributed by atoms with van der Waals surface area (Å²) in [7, 11) is 0. The minimum Gasteiger partial charge on any atom is -0.382 e. The predicted octanol–water partition coefficient (Wildman–Crippen LogP) is 3.38. The van der Waals surface area contributed by atoms with Crippen LogP contribution in [0.2, 0.25) is 5.02 Å². The van der Waals surface area contributed by atoms with Crippen molar-refractivity contribution in [2.45, 2.75) is 6.92 Å². The number of hydrogen-bond donors (Lipinski definition) is 2. The highest BCUT2D eigenvalue weighted by atomic mass is 35.5. The van der Waals surface area contributed by atoms with E-state index in [-0.39, 0.29) is 0 Å². The molecule has 3 nitrogen and oxygen atoms in total. The molecular formula is C14H14ClN3. The molecule has 0 amide bonds. The molecule has 4 heteroatoms. The molecule has 0 aliphatic rings. The van der Waals surface area contributed by atoms with Crippen LogP contribution in [0, 0.1) is 6.92 Å². The van der Waals surface area contributed by atoms with Crippen LogP contribution in [0.4, 0.5) is 5.69 Å². The molecule has 0 aliphatic carbocycles. The lowest BCUT2D eigenvalue weighted by atomic mass is 10.2. The number of aryl methyl sites for hydroxylation is 1. The molecule has 92 valence electrons. The Morgan fingerprint density at radius 2 is 1.67 bits per heavy atom. The summed E-state index contributed by atoms with van der Waals surface area (Å²) in [5.74, 6) is 0.423. The summed E-state index contributed by atoms with van der Waals surface area (Å²) in [6.07, 6.45) is 0. The van der Waals surface area contributed by atoms with Crippen LogP contribution in [0.5, 0.6) is 0 Å². The maximum Gasteiger partial charge on any atom is 0.150 e. The van der Waals surface area contributed by atoms with E-state index in [2.05, 4.69) is 10.5 Å². The number of benzene rings is 2. The molecule has 0 aliphatic heterocycles. The number of anilines is 1. The Kier molecular flexibility index (Phi) is 3.85. The first-order valence-corrected chi connectivity index (χ1v) is 5.95. The van der Waals surface area contributed by atoms with Gasteiger partial charge in [0.2, 0.25) is 0 Å². The molecule has 0 saturated heterocycles. The van der Waals surface area contributed by atoms with E-state index in [1.165, 1.54) is 5.56 Å². The number of hydrazone groups is 1. The number of nitrogens with two attached hydrogens (primary N) is 1. The fourth-order valence-corrected chi connectivity index (χ4v) is 1.56. The Hall–Kier alpha value is -2.00. The first kappa shape index (κ1) is 12.5. The molecule has 0 saturated carbocycles. The third kappa shape index (κ3) is 3.25. The van der Waals surface area contributed by atoms with E-state index in [0.717, 1.165) is 11.3 Å². The summed E-state index contributed by atoms with van der Waals surface area (Å²) in [6, 6.07) is 15.2. The van der Waals surface area contributed by atoms with Gasteiger partial charge in [0.05, 0.1) is 5.69 Å². The summed E-state index contributed by atoms with van der Waals surface area (Å²) >= 11 is 5.81. The minimum absolute atomic E-state index is 0.423. The SMILES string of the molecule is Cc1ccc(N/N=C(\N)c2ccc(Cl)cc2)cc1. The van der Waals surface area contributed by atoms with Crippen molar-refractivity contribution in [3.8, 4) is 0 Å². The third-order valence-electron chi connectivity index (χ3n) is 2.50. The lowest BCUT2D eigenvalue weighted by molar-refractivity contribution is 1.30. The monoisotopic (exact) mass is 259 g/mol. The van der Waals surface area contributed by atoms with E-state index in [1.807, 2.05) is 43.3 Å². The Morgan fingerprint density at radius 3 is 2.28 bits per heavy atom. The van der Waals surface area contributed by atoms with Gasteiger partial charge in [-0.25, -0.2) is 0 Å². The van der Waals surface area contributed by atoms with Gasteiger partial charge in [-0.2, -0.15) is 5.10 Å². The number of rotatable bonds is 3.